The van der Waals surface area contributed by atoms with Gasteiger partial charge in [0.2, 0.25) is 11.8 Å². The maximum atomic E-state index is 12.2. The average Bonchev–Trinajstić information content (AvgIpc) is 3.32. The van der Waals surface area contributed by atoms with Crippen molar-refractivity contribution in [2.45, 2.75) is 6.92 Å². The summed E-state index contributed by atoms with van der Waals surface area (Å²) >= 11 is 0. The second kappa shape index (κ2) is 6.84. The molecule has 0 unspecified atom stereocenters. The van der Waals surface area contributed by atoms with Gasteiger partial charge in [0, 0.05) is 11.8 Å². The minimum atomic E-state index is -0.319. The van der Waals surface area contributed by atoms with Crippen molar-refractivity contribution < 1.29 is 18.7 Å². The molecule has 0 aliphatic rings. The number of carbonyl (C=O) groups is 1. The van der Waals surface area contributed by atoms with E-state index in [0.717, 1.165) is 0 Å². The van der Waals surface area contributed by atoms with Crippen molar-refractivity contribution in [2.75, 3.05) is 5.32 Å². The van der Waals surface area contributed by atoms with Gasteiger partial charge in [-0.05, 0) is 55.0 Å². The van der Waals surface area contributed by atoms with Crippen LogP contribution in [-0.2, 0) is 4.79 Å². The third-order valence-electron chi connectivity index (χ3n) is 4.03. The maximum Gasteiger partial charge on any atom is 0.248 e. The lowest BCUT2D eigenvalue weighted by Crippen LogP contribution is -2.08. The van der Waals surface area contributed by atoms with Gasteiger partial charge in [0.25, 0.3) is 0 Å². The molecule has 2 heterocycles. The number of furan rings is 1. The van der Waals surface area contributed by atoms with Crippen LogP contribution in [0.15, 0.2) is 69.7 Å². The van der Waals surface area contributed by atoms with E-state index in [9.17, 15) is 9.90 Å². The number of aromatic nitrogens is 1. The molecule has 2 aromatic carbocycles. The Labute approximate surface area is 154 Å². The minimum absolute atomic E-state index is 0.0608. The van der Waals surface area contributed by atoms with Gasteiger partial charge in [-0.25, -0.2) is 4.98 Å². The van der Waals surface area contributed by atoms with E-state index in [2.05, 4.69) is 10.3 Å². The van der Waals surface area contributed by atoms with Crippen LogP contribution < -0.4 is 5.32 Å². The Morgan fingerprint density at radius 1 is 1.19 bits per heavy atom. The Hall–Kier alpha value is -3.80. The lowest BCUT2D eigenvalue weighted by Gasteiger charge is -2.09. The number of para-hydroxylation sites is 2. The summed E-state index contributed by atoms with van der Waals surface area (Å²) in [5.74, 6) is 0.615. The zero-order valence-corrected chi connectivity index (χ0v) is 14.5. The number of nitrogens with zero attached hydrogens (tertiary/aromatic N) is 1. The number of hydrogen-bond donors (Lipinski definition) is 2. The largest absolute Gasteiger partial charge is 0.507 e. The molecule has 1 amide bonds. The predicted molar refractivity (Wildman–Crippen MR) is 102 cm³/mol. The van der Waals surface area contributed by atoms with E-state index in [1.807, 2.05) is 18.2 Å². The quantitative estimate of drug-likeness (QED) is 0.405. The number of fused-ring (bicyclic) bond motifs is 1. The molecular weight excluding hydrogens is 344 g/mol. The number of rotatable bonds is 4. The lowest BCUT2D eigenvalue weighted by molar-refractivity contribution is -0.111. The number of amides is 1. The van der Waals surface area contributed by atoms with Gasteiger partial charge < -0.3 is 19.3 Å². The molecule has 0 fully saturated rings. The van der Waals surface area contributed by atoms with Crippen LogP contribution in [0.5, 0.6) is 5.75 Å². The summed E-state index contributed by atoms with van der Waals surface area (Å²) in [4.78, 5) is 16.6. The number of benzene rings is 2. The molecule has 134 valence electrons. The molecule has 0 saturated heterocycles. The molecule has 0 aliphatic carbocycles. The molecule has 6 nitrogen and oxygen atoms in total. The molecule has 0 spiro atoms. The van der Waals surface area contributed by atoms with Gasteiger partial charge in [0.15, 0.2) is 5.58 Å². The van der Waals surface area contributed by atoms with E-state index in [-0.39, 0.29) is 11.7 Å². The molecule has 0 aliphatic heterocycles. The highest BCUT2D eigenvalue weighted by Gasteiger charge is 2.16. The molecule has 27 heavy (non-hydrogen) atoms. The first-order valence-corrected chi connectivity index (χ1v) is 8.32. The topological polar surface area (TPSA) is 88.5 Å². The smallest absolute Gasteiger partial charge is 0.248 e. The third-order valence-corrected chi connectivity index (χ3v) is 4.03. The zero-order chi connectivity index (χ0) is 18.8. The summed E-state index contributed by atoms with van der Waals surface area (Å²) in [6, 6.07) is 14.2. The van der Waals surface area contributed by atoms with E-state index in [0.29, 0.717) is 39.6 Å². The molecular formula is C21H16N2O4. The van der Waals surface area contributed by atoms with Crippen LogP contribution in [0.4, 0.5) is 5.69 Å². The fourth-order valence-corrected chi connectivity index (χ4v) is 2.73. The van der Waals surface area contributed by atoms with E-state index in [1.165, 1.54) is 12.3 Å². The number of aromatic hydroxyl groups is 1. The summed E-state index contributed by atoms with van der Waals surface area (Å²) in [6.07, 6.45) is 4.48. The fourth-order valence-electron chi connectivity index (χ4n) is 2.73. The van der Waals surface area contributed by atoms with Gasteiger partial charge in [-0.15, -0.1) is 0 Å². The highest BCUT2D eigenvalue weighted by Crippen LogP contribution is 2.36. The van der Waals surface area contributed by atoms with Gasteiger partial charge in [-0.1, -0.05) is 12.1 Å². The van der Waals surface area contributed by atoms with Crippen LogP contribution >= 0.6 is 0 Å². The molecule has 2 aromatic heterocycles. The standard InChI is InChI=1S/C21H16N2O4/c1-13-11-14(22-19(24)9-8-15-5-4-10-26-15)12-16(20(13)25)21-23-17-6-2-3-7-18(17)27-21/h2-12,25H,1H3,(H,22,24)/b9-8+. The number of oxazole rings is 1. The molecule has 0 atom stereocenters. The third kappa shape index (κ3) is 3.46. The number of carbonyl (C=O) groups excluding carboxylic acids is 1. The second-order valence-electron chi connectivity index (χ2n) is 6.01. The summed E-state index contributed by atoms with van der Waals surface area (Å²) in [5.41, 5.74) is 2.86. The van der Waals surface area contributed by atoms with Crippen molar-refractivity contribution in [3.05, 3.63) is 72.2 Å². The van der Waals surface area contributed by atoms with Gasteiger partial charge >= 0.3 is 0 Å². The Morgan fingerprint density at radius 2 is 2.04 bits per heavy atom. The predicted octanol–water partition coefficient (Wildman–Crippen LogP) is 4.75. The number of aryl methyl sites for hydroxylation is 1. The number of anilines is 1. The first-order valence-electron chi connectivity index (χ1n) is 8.32. The summed E-state index contributed by atoms with van der Waals surface area (Å²) in [5, 5.41) is 13.2. The fraction of sp³-hybridized carbons (Fsp3) is 0.0476. The number of hydrogen-bond acceptors (Lipinski definition) is 5. The maximum absolute atomic E-state index is 12.2. The Bertz CT molecular complexity index is 1110. The Kier molecular flexibility index (Phi) is 4.22. The number of phenolic OH excluding ortho intramolecular Hbond substituents is 1. The zero-order valence-electron chi connectivity index (χ0n) is 14.5. The highest BCUT2D eigenvalue weighted by molar-refractivity contribution is 6.02. The molecule has 2 N–H and O–H groups in total. The first kappa shape index (κ1) is 16.7. The summed E-state index contributed by atoms with van der Waals surface area (Å²) < 4.78 is 10.9. The minimum Gasteiger partial charge on any atom is -0.507 e. The van der Waals surface area contributed by atoms with Crippen LogP contribution in [-0.4, -0.2) is 16.0 Å². The van der Waals surface area contributed by atoms with Crippen molar-refractivity contribution in [3.8, 4) is 17.2 Å². The summed E-state index contributed by atoms with van der Waals surface area (Å²) in [7, 11) is 0. The lowest BCUT2D eigenvalue weighted by atomic mass is 10.1. The first-order chi connectivity index (χ1) is 13.1. The van der Waals surface area contributed by atoms with E-state index >= 15 is 0 Å². The summed E-state index contributed by atoms with van der Waals surface area (Å²) in [6.45, 7) is 1.75. The SMILES string of the molecule is Cc1cc(NC(=O)/C=C/c2ccco2)cc(-c2nc3ccccc3o2)c1O. The number of phenols is 1. The van der Waals surface area contributed by atoms with Crippen molar-refractivity contribution in [3.63, 3.8) is 0 Å². The van der Waals surface area contributed by atoms with Crippen LogP contribution in [0.3, 0.4) is 0 Å². The molecule has 0 saturated carbocycles. The van der Waals surface area contributed by atoms with Crippen LogP contribution in [0.1, 0.15) is 11.3 Å². The van der Waals surface area contributed by atoms with Gasteiger partial charge in [0.1, 0.15) is 17.0 Å². The Balaban J connectivity index is 1.64. The van der Waals surface area contributed by atoms with Crippen LogP contribution in [0, 0.1) is 6.92 Å². The molecule has 0 bridgehead atoms. The van der Waals surface area contributed by atoms with Crippen molar-refractivity contribution >= 4 is 28.8 Å². The van der Waals surface area contributed by atoms with Gasteiger partial charge in [-0.2, -0.15) is 0 Å². The number of nitrogens with one attached hydrogen (secondary N) is 1. The average molecular weight is 360 g/mol. The van der Waals surface area contributed by atoms with Crippen molar-refractivity contribution in [1.29, 1.82) is 0 Å². The molecule has 4 aromatic rings. The molecule has 4 rings (SSSR count). The van der Waals surface area contributed by atoms with E-state index in [4.69, 9.17) is 8.83 Å². The van der Waals surface area contributed by atoms with Gasteiger partial charge in [0.05, 0.1) is 11.8 Å². The molecule has 6 heteroatoms. The Morgan fingerprint density at radius 3 is 2.81 bits per heavy atom. The monoisotopic (exact) mass is 360 g/mol. The van der Waals surface area contributed by atoms with Crippen LogP contribution in [0.25, 0.3) is 28.6 Å². The van der Waals surface area contributed by atoms with Crippen molar-refractivity contribution in [1.82, 2.24) is 4.98 Å². The second-order valence-corrected chi connectivity index (χ2v) is 6.01. The van der Waals surface area contributed by atoms with Gasteiger partial charge in [-0.3, -0.25) is 4.79 Å². The van der Waals surface area contributed by atoms with Crippen LogP contribution in [0.2, 0.25) is 0 Å². The van der Waals surface area contributed by atoms with Crippen molar-refractivity contribution in [2.24, 2.45) is 0 Å². The molecule has 0 radical (unpaired) electrons. The highest BCUT2D eigenvalue weighted by atomic mass is 16.3. The van der Waals surface area contributed by atoms with E-state index < -0.39 is 0 Å². The van der Waals surface area contributed by atoms with E-state index in [1.54, 1.807) is 43.3 Å². The normalized spacial score (nSPS) is 11.3.